The van der Waals surface area contributed by atoms with Crippen LogP contribution in [0.1, 0.15) is 48.0 Å². The summed E-state index contributed by atoms with van der Waals surface area (Å²) in [6, 6.07) is 7.81. The third kappa shape index (κ3) is 4.50. The van der Waals surface area contributed by atoms with Crippen LogP contribution >= 0.6 is 12.4 Å². The Bertz CT molecular complexity index is 430. The summed E-state index contributed by atoms with van der Waals surface area (Å²) in [6.07, 6.45) is 6.23. The molecular weight excluding hydrogens is 272 g/mol. The van der Waals surface area contributed by atoms with Crippen LogP contribution in [0.25, 0.3) is 0 Å². The van der Waals surface area contributed by atoms with Gasteiger partial charge in [-0.2, -0.15) is 0 Å². The minimum atomic E-state index is 0. The van der Waals surface area contributed by atoms with Crippen LogP contribution in [0.15, 0.2) is 24.3 Å². The maximum atomic E-state index is 12.2. The molecule has 3 N–H and O–H groups in total. The van der Waals surface area contributed by atoms with Crippen molar-refractivity contribution in [1.82, 2.24) is 5.32 Å². The van der Waals surface area contributed by atoms with Crippen molar-refractivity contribution in [3.05, 3.63) is 35.4 Å². The van der Waals surface area contributed by atoms with Crippen molar-refractivity contribution >= 4 is 18.3 Å². The number of halogens is 1. The fraction of sp³-hybridized carbons (Fsp3) is 0.562. The van der Waals surface area contributed by atoms with E-state index >= 15 is 0 Å². The molecule has 1 amide bonds. The number of amides is 1. The number of benzene rings is 1. The van der Waals surface area contributed by atoms with Gasteiger partial charge in [0.15, 0.2) is 0 Å². The van der Waals surface area contributed by atoms with Crippen molar-refractivity contribution in [3.8, 4) is 0 Å². The Morgan fingerprint density at radius 1 is 1.35 bits per heavy atom. The van der Waals surface area contributed by atoms with Gasteiger partial charge in [-0.25, -0.2) is 0 Å². The smallest absolute Gasteiger partial charge is 0.251 e. The summed E-state index contributed by atoms with van der Waals surface area (Å²) in [5.74, 6) is 0.553. The number of nitrogens with one attached hydrogen (secondary N) is 1. The Kier molecular flexibility index (Phi) is 7.03. The third-order valence-electron chi connectivity index (χ3n) is 4.07. The lowest BCUT2D eigenvalue weighted by molar-refractivity contribution is 0.0915. The van der Waals surface area contributed by atoms with E-state index < -0.39 is 0 Å². The molecule has 1 aromatic rings. The largest absolute Gasteiger partial charge is 0.348 e. The van der Waals surface area contributed by atoms with Crippen LogP contribution in [0, 0.1) is 12.8 Å². The standard InChI is InChI=1S/C16H24N2O.ClH/c1-12-6-5-9-14(10-12)16(19)18-15(11-17)13-7-3-2-4-8-13;/h5-6,9-10,13,15H,2-4,7-8,11,17H2,1H3,(H,18,19);1H. The number of hydrogen-bond donors (Lipinski definition) is 2. The maximum absolute atomic E-state index is 12.2. The van der Waals surface area contributed by atoms with Crippen molar-refractivity contribution in [2.45, 2.75) is 45.1 Å². The molecule has 1 aromatic carbocycles. The first kappa shape index (κ1) is 17.0. The molecular formula is C16H25ClN2O. The predicted octanol–water partition coefficient (Wildman–Crippen LogP) is 3.05. The number of rotatable bonds is 4. The maximum Gasteiger partial charge on any atom is 0.251 e. The Labute approximate surface area is 127 Å². The fourth-order valence-electron chi connectivity index (χ4n) is 2.94. The van der Waals surface area contributed by atoms with Gasteiger partial charge >= 0.3 is 0 Å². The molecule has 4 heteroatoms. The van der Waals surface area contributed by atoms with Gasteiger partial charge in [-0.15, -0.1) is 12.4 Å². The van der Waals surface area contributed by atoms with Gasteiger partial charge in [-0.05, 0) is 37.8 Å². The van der Waals surface area contributed by atoms with E-state index in [9.17, 15) is 4.79 Å². The van der Waals surface area contributed by atoms with Crippen LogP contribution in [0.2, 0.25) is 0 Å². The van der Waals surface area contributed by atoms with Crippen LogP contribution in [-0.2, 0) is 0 Å². The first-order chi connectivity index (χ1) is 9.20. The fourth-order valence-corrected chi connectivity index (χ4v) is 2.94. The Morgan fingerprint density at radius 2 is 2.05 bits per heavy atom. The van der Waals surface area contributed by atoms with Gasteiger partial charge in [0, 0.05) is 18.2 Å². The molecule has 0 bridgehead atoms. The molecule has 1 unspecified atom stereocenters. The Balaban J connectivity index is 0.00000200. The van der Waals surface area contributed by atoms with Gasteiger partial charge in [0.1, 0.15) is 0 Å². The van der Waals surface area contributed by atoms with Gasteiger partial charge in [0.2, 0.25) is 0 Å². The number of nitrogens with two attached hydrogens (primary N) is 1. The van der Waals surface area contributed by atoms with E-state index in [1.165, 1.54) is 32.1 Å². The van der Waals surface area contributed by atoms with E-state index in [4.69, 9.17) is 5.73 Å². The second-order valence-corrected chi connectivity index (χ2v) is 5.58. The van der Waals surface area contributed by atoms with Crippen molar-refractivity contribution in [1.29, 1.82) is 0 Å². The molecule has 1 saturated carbocycles. The van der Waals surface area contributed by atoms with Gasteiger partial charge in [0.25, 0.3) is 5.91 Å². The molecule has 0 aliphatic heterocycles. The SMILES string of the molecule is Cc1cccc(C(=O)NC(CN)C2CCCCC2)c1.Cl. The van der Waals surface area contributed by atoms with E-state index in [0.717, 1.165) is 11.1 Å². The van der Waals surface area contributed by atoms with Crippen LogP contribution in [-0.4, -0.2) is 18.5 Å². The van der Waals surface area contributed by atoms with Crippen LogP contribution in [0.3, 0.4) is 0 Å². The lowest BCUT2D eigenvalue weighted by Crippen LogP contribution is -2.45. The molecule has 1 atom stereocenters. The highest BCUT2D eigenvalue weighted by atomic mass is 35.5. The summed E-state index contributed by atoms with van der Waals surface area (Å²) < 4.78 is 0. The number of hydrogen-bond acceptors (Lipinski definition) is 2. The van der Waals surface area contributed by atoms with Gasteiger partial charge in [-0.1, -0.05) is 37.0 Å². The quantitative estimate of drug-likeness (QED) is 0.897. The number of carbonyl (C=O) groups is 1. The molecule has 0 radical (unpaired) electrons. The van der Waals surface area contributed by atoms with Crippen molar-refractivity contribution in [3.63, 3.8) is 0 Å². The number of carbonyl (C=O) groups excluding carboxylic acids is 1. The minimum Gasteiger partial charge on any atom is -0.348 e. The second-order valence-electron chi connectivity index (χ2n) is 5.58. The highest BCUT2D eigenvalue weighted by Crippen LogP contribution is 2.26. The average Bonchev–Trinajstić information content (AvgIpc) is 2.45. The minimum absolute atomic E-state index is 0. The summed E-state index contributed by atoms with van der Waals surface area (Å²) in [7, 11) is 0. The highest BCUT2D eigenvalue weighted by Gasteiger charge is 2.24. The average molecular weight is 297 g/mol. The summed E-state index contributed by atoms with van der Waals surface area (Å²) in [4.78, 5) is 12.2. The van der Waals surface area contributed by atoms with Crippen LogP contribution < -0.4 is 11.1 Å². The summed E-state index contributed by atoms with van der Waals surface area (Å²) in [5.41, 5.74) is 7.68. The molecule has 2 rings (SSSR count). The van der Waals surface area contributed by atoms with Crippen molar-refractivity contribution < 1.29 is 4.79 Å². The lowest BCUT2D eigenvalue weighted by atomic mass is 9.84. The Hall–Kier alpha value is -1.06. The second kappa shape index (κ2) is 8.28. The molecule has 0 aromatic heterocycles. The van der Waals surface area contributed by atoms with Gasteiger partial charge in [-0.3, -0.25) is 4.79 Å². The highest BCUT2D eigenvalue weighted by molar-refractivity contribution is 5.94. The third-order valence-corrected chi connectivity index (χ3v) is 4.07. The first-order valence-electron chi connectivity index (χ1n) is 7.28. The Morgan fingerprint density at radius 3 is 2.65 bits per heavy atom. The van der Waals surface area contributed by atoms with E-state index in [1.54, 1.807) is 0 Å². The monoisotopic (exact) mass is 296 g/mol. The predicted molar refractivity (Wildman–Crippen MR) is 85.3 cm³/mol. The van der Waals surface area contributed by atoms with Crippen LogP contribution in [0.5, 0.6) is 0 Å². The van der Waals surface area contributed by atoms with Crippen LogP contribution in [0.4, 0.5) is 0 Å². The van der Waals surface area contributed by atoms with Crippen molar-refractivity contribution in [2.24, 2.45) is 11.7 Å². The molecule has 1 fully saturated rings. The lowest BCUT2D eigenvalue weighted by Gasteiger charge is -2.30. The van der Waals surface area contributed by atoms with E-state index in [1.807, 2.05) is 31.2 Å². The first-order valence-corrected chi connectivity index (χ1v) is 7.28. The van der Waals surface area contributed by atoms with Gasteiger partial charge < -0.3 is 11.1 Å². The topological polar surface area (TPSA) is 55.1 Å². The normalized spacial score (nSPS) is 17.1. The van der Waals surface area contributed by atoms with Crippen molar-refractivity contribution in [2.75, 3.05) is 6.54 Å². The zero-order valence-corrected chi connectivity index (χ0v) is 12.9. The summed E-state index contributed by atoms with van der Waals surface area (Å²) >= 11 is 0. The molecule has 0 heterocycles. The summed E-state index contributed by atoms with van der Waals surface area (Å²) in [5, 5.41) is 3.12. The molecule has 0 saturated heterocycles. The zero-order chi connectivity index (χ0) is 13.7. The molecule has 3 nitrogen and oxygen atoms in total. The van der Waals surface area contributed by atoms with E-state index in [0.29, 0.717) is 12.5 Å². The molecule has 20 heavy (non-hydrogen) atoms. The molecule has 1 aliphatic carbocycles. The van der Waals surface area contributed by atoms with Gasteiger partial charge in [0.05, 0.1) is 0 Å². The zero-order valence-electron chi connectivity index (χ0n) is 12.1. The molecule has 0 spiro atoms. The molecule has 112 valence electrons. The van der Waals surface area contributed by atoms with E-state index in [-0.39, 0.29) is 24.4 Å². The summed E-state index contributed by atoms with van der Waals surface area (Å²) in [6.45, 7) is 2.53. The number of aryl methyl sites for hydroxylation is 1. The molecule has 1 aliphatic rings. The van der Waals surface area contributed by atoms with E-state index in [2.05, 4.69) is 5.32 Å².